The van der Waals surface area contributed by atoms with Crippen molar-refractivity contribution < 1.29 is 9.59 Å². The highest BCUT2D eigenvalue weighted by atomic mass is 32.1. The minimum atomic E-state index is -0.617. The van der Waals surface area contributed by atoms with Gasteiger partial charge in [-0.25, -0.2) is 0 Å². The molecule has 17 heavy (non-hydrogen) atoms. The second kappa shape index (κ2) is 4.63. The summed E-state index contributed by atoms with van der Waals surface area (Å²) in [6, 6.07) is 8.50. The fourth-order valence-corrected chi connectivity index (χ4v) is 2.20. The molecule has 0 aromatic heterocycles. The number of carbonyl (C=O) groups excluding carboxylic acids is 2. The van der Waals surface area contributed by atoms with Crippen LogP contribution in [0.1, 0.15) is 24.4 Å². The summed E-state index contributed by atoms with van der Waals surface area (Å²) in [6.45, 7) is 0. The van der Waals surface area contributed by atoms with Crippen molar-refractivity contribution in [1.29, 1.82) is 0 Å². The number of hydrogen-bond donors (Lipinski definition) is 1. The van der Waals surface area contributed by atoms with Crippen LogP contribution in [0.15, 0.2) is 30.3 Å². The van der Waals surface area contributed by atoms with Crippen LogP contribution in [0.3, 0.4) is 0 Å². The predicted molar refractivity (Wildman–Crippen MR) is 67.1 cm³/mol. The van der Waals surface area contributed by atoms with Crippen LogP contribution < -0.4 is 5.73 Å². The van der Waals surface area contributed by atoms with E-state index in [9.17, 15) is 9.59 Å². The maximum Gasteiger partial charge on any atom is 0.230 e. The summed E-state index contributed by atoms with van der Waals surface area (Å²) in [5.41, 5.74) is 6.43. The van der Waals surface area contributed by atoms with Gasteiger partial charge >= 0.3 is 0 Å². The third-order valence-electron chi connectivity index (χ3n) is 2.73. The van der Waals surface area contributed by atoms with Gasteiger partial charge < -0.3 is 5.73 Å². The first-order valence-corrected chi connectivity index (χ1v) is 5.71. The number of hydrogen-bond acceptors (Lipinski definition) is 3. The quantitative estimate of drug-likeness (QED) is 0.644. The van der Waals surface area contributed by atoms with Gasteiger partial charge in [0.15, 0.2) is 0 Å². The largest absolute Gasteiger partial charge is 0.391 e. The van der Waals surface area contributed by atoms with Crippen molar-refractivity contribution in [1.82, 2.24) is 4.90 Å². The molecule has 1 aliphatic heterocycles. The molecular formula is C12H12N2O2S. The van der Waals surface area contributed by atoms with Gasteiger partial charge in [0.2, 0.25) is 11.8 Å². The molecule has 1 heterocycles. The summed E-state index contributed by atoms with van der Waals surface area (Å²) in [5.74, 6) is -0.423. The summed E-state index contributed by atoms with van der Waals surface area (Å²) in [6.07, 6.45) is 0.482. The molecule has 4 nitrogen and oxygen atoms in total. The van der Waals surface area contributed by atoms with Crippen molar-refractivity contribution in [3.05, 3.63) is 35.9 Å². The molecule has 1 atom stereocenters. The van der Waals surface area contributed by atoms with Crippen molar-refractivity contribution in [2.45, 2.75) is 18.9 Å². The van der Waals surface area contributed by atoms with E-state index in [1.807, 2.05) is 30.3 Å². The van der Waals surface area contributed by atoms with Gasteiger partial charge in [0.1, 0.15) is 11.0 Å². The summed E-state index contributed by atoms with van der Waals surface area (Å²) >= 11 is 4.97. The highest BCUT2D eigenvalue weighted by Gasteiger charge is 2.37. The number of amides is 2. The Hall–Kier alpha value is -1.75. The summed E-state index contributed by atoms with van der Waals surface area (Å²) < 4.78 is 0. The van der Waals surface area contributed by atoms with Gasteiger partial charge in [-0.15, -0.1) is 0 Å². The predicted octanol–water partition coefficient (Wildman–Crippen LogP) is 1.16. The van der Waals surface area contributed by atoms with Gasteiger partial charge in [0.25, 0.3) is 0 Å². The van der Waals surface area contributed by atoms with E-state index in [-0.39, 0.29) is 29.6 Å². The zero-order valence-electron chi connectivity index (χ0n) is 9.13. The van der Waals surface area contributed by atoms with E-state index in [0.29, 0.717) is 0 Å². The minimum Gasteiger partial charge on any atom is -0.391 e. The highest BCUT2D eigenvalue weighted by Crippen LogP contribution is 2.27. The molecule has 0 aliphatic carbocycles. The van der Waals surface area contributed by atoms with Crippen LogP contribution in [-0.4, -0.2) is 21.7 Å². The van der Waals surface area contributed by atoms with E-state index in [4.69, 9.17) is 18.0 Å². The fourth-order valence-electron chi connectivity index (χ4n) is 1.96. The molecule has 0 spiro atoms. The van der Waals surface area contributed by atoms with E-state index in [1.165, 1.54) is 4.90 Å². The number of nitrogens with zero attached hydrogens (tertiary/aromatic N) is 1. The Morgan fingerprint density at radius 2 is 1.71 bits per heavy atom. The zero-order valence-corrected chi connectivity index (χ0v) is 9.94. The first-order chi connectivity index (χ1) is 8.11. The Morgan fingerprint density at radius 3 is 2.18 bits per heavy atom. The average Bonchev–Trinajstić information content (AvgIpc) is 2.62. The number of rotatable bonds is 3. The number of nitrogens with two attached hydrogens (primary N) is 1. The lowest BCUT2D eigenvalue weighted by molar-refractivity contribution is -0.139. The van der Waals surface area contributed by atoms with Gasteiger partial charge in [-0.1, -0.05) is 42.5 Å². The van der Waals surface area contributed by atoms with Crippen LogP contribution in [-0.2, 0) is 9.59 Å². The van der Waals surface area contributed by atoms with Crippen LogP contribution in [0.4, 0.5) is 0 Å². The van der Waals surface area contributed by atoms with Crippen LogP contribution in [0, 0.1) is 0 Å². The Kier molecular flexibility index (Phi) is 3.19. The third kappa shape index (κ3) is 2.19. The lowest BCUT2D eigenvalue weighted by Crippen LogP contribution is -2.40. The molecule has 0 radical (unpaired) electrons. The summed E-state index contributed by atoms with van der Waals surface area (Å²) in [7, 11) is 0. The van der Waals surface area contributed by atoms with E-state index >= 15 is 0 Å². The van der Waals surface area contributed by atoms with Crippen molar-refractivity contribution >= 4 is 29.0 Å². The van der Waals surface area contributed by atoms with Crippen LogP contribution >= 0.6 is 12.2 Å². The molecule has 1 aromatic carbocycles. The van der Waals surface area contributed by atoms with Gasteiger partial charge in [0.05, 0.1) is 0 Å². The summed E-state index contributed by atoms with van der Waals surface area (Å²) in [5, 5.41) is 0. The Balaban J connectivity index is 2.40. The minimum absolute atomic E-state index is 0.139. The number of imide groups is 1. The molecular weight excluding hydrogens is 236 g/mol. The van der Waals surface area contributed by atoms with Crippen molar-refractivity contribution in [3.8, 4) is 0 Å². The molecule has 2 amide bonds. The Labute approximate surface area is 104 Å². The van der Waals surface area contributed by atoms with E-state index in [0.717, 1.165) is 5.56 Å². The lowest BCUT2D eigenvalue weighted by atomic mass is 10.1. The Bertz CT molecular complexity index is 457. The van der Waals surface area contributed by atoms with E-state index < -0.39 is 6.04 Å². The maximum absolute atomic E-state index is 11.7. The monoisotopic (exact) mass is 248 g/mol. The molecule has 0 saturated carbocycles. The Morgan fingerprint density at radius 1 is 1.18 bits per heavy atom. The van der Waals surface area contributed by atoms with Crippen LogP contribution in [0.5, 0.6) is 0 Å². The molecule has 2 N–H and O–H groups in total. The summed E-state index contributed by atoms with van der Waals surface area (Å²) in [4.78, 5) is 24.7. The van der Waals surface area contributed by atoms with Crippen molar-refractivity contribution in [2.75, 3.05) is 0 Å². The smallest absolute Gasteiger partial charge is 0.230 e. The SMILES string of the molecule is NC(=S)C(c1ccccc1)N1C(=O)CCC1=O. The van der Waals surface area contributed by atoms with Crippen LogP contribution in [0.25, 0.3) is 0 Å². The number of carbonyl (C=O) groups is 2. The third-order valence-corrected chi connectivity index (χ3v) is 2.96. The van der Waals surface area contributed by atoms with Gasteiger partial charge in [-0.05, 0) is 5.56 Å². The van der Waals surface area contributed by atoms with E-state index in [2.05, 4.69) is 0 Å². The molecule has 5 heteroatoms. The lowest BCUT2D eigenvalue weighted by Gasteiger charge is -2.25. The average molecular weight is 248 g/mol. The molecule has 2 rings (SSSR count). The van der Waals surface area contributed by atoms with Gasteiger partial charge in [0, 0.05) is 12.8 Å². The molecule has 1 saturated heterocycles. The molecule has 88 valence electrons. The van der Waals surface area contributed by atoms with Crippen molar-refractivity contribution in [2.24, 2.45) is 5.73 Å². The molecule has 1 unspecified atom stereocenters. The molecule has 1 fully saturated rings. The fraction of sp³-hybridized carbons (Fsp3) is 0.250. The number of likely N-dealkylation sites (tertiary alicyclic amines) is 1. The standard InChI is InChI=1S/C12H12N2O2S/c13-12(17)11(8-4-2-1-3-5-8)14-9(15)6-7-10(14)16/h1-5,11H,6-7H2,(H2,13,17). The first kappa shape index (κ1) is 11.7. The zero-order chi connectivity index (χ0) is 12.4. The molecule has 0 bridgehead atoms. The first-order valence-electron chi connectivity index (χ1n) is 5.30. The highest BCUT2D eigenvalue weighted by molar-refractivity contribution is 7.80. The second-order valence-corrected chi connectivity index (χ2v) is 4.34. The normalized spacial score (nSPS) is 17.3. The molecule has 1 aliphatic rings. The van der Waals surface area contributed by atoms with Crippen molar-refractivity contribution in [3.63, 3.8) is 0 Å². The van der Waals surface area contributed by atoms with Gasteiger partial charge in [-0.3, -0.25) is 14.5 Å². The van der Waals surface area contributed by atoms with Gasteiger partial charge in [-0.2, -0.15) is 0 Å². The number of benzene rings is 1. The van der Waals surface area contributed by atoms with Crippen LogP contribution in [0.2, 0.25) is 0 Å². The topological polar surface area (TPSA) is 63.4 Å². The second-order valence-electron chi connectivity index (χ2n) is 3.87. The molecule has 1 aromatic rings. The number of thiocarbonyl (C=S) groups is 1. The van der Waals surface area contributed by atoms with E-state index in [1.54, 1.807) is 0 Å². The maximum atomic E-state index is 11.7.